The summed E-state index contributed by atoms with van der Waals surface area (Å²) in [7, 11) is 1.62. The lowest BCUT2D eigenvalue weighted by Crippen LogP contribution is -2.31. The number of ketones is 1. The van der Waals surface area contributed by atoms with Gasteiger partial charge >= 0.3 is 5.97 Å². The van der Waals surface area contributed by atoms with Gasteiger partial charge in [0.25, 0.3) is 0 Å². The topological polar surface area (TPSA) is 61.8 Å². The Balaban J connectivity index is 1.83. The molecule has 0 spiro atoms. The van der Waals surface area contributed by atoms with Gasteiger partial charge in [-0.05, 0) is 63.8 Å². The molecule has 0 saturated carbocycles. The molecular weight excluding hydrogens is 344 g/mol. The number of carbonyl (C=O) groups is 2. The summed E-state index contributed by atoms with van der Waals surface area (Å²) < 4.78 is 17.2. The molecule has 4 rings (SSSR count). The van der Waals surface area contributed by atoms with Crippen LogP contribution in [0.5, 0.6) is 5.75 Å². The summed E-state index contributed by atoms with van der Waals surface area (Å²) in [4.78, 5) is 26.0. The fourth-order valence-electron chi connectivity index (χ4n) is 4.48. The summed E-state index contributed by atoms with van der Waals surface area (Å²) in [6.07, 6.45) is 1.70. The van der Waals surface area contributed by atoms with E-state index < -0.39 is 5.41 Å². The lowest BCUT2D eigenvalue weighted by atomic mass is 9.80. The number of carbonyl (C=O) groups excluding carboxylic acids is 2. The highest BCUT2D eigenvalue weighted by molar-refractivity contribution is 6.26. The van der Waals surface area contributed by atoms with Crippen LogP contribution in [0.15, 0.2) is 24.0 Å². The lowest BCUT2D eigenvalue weighted by molar-refractivity contribution is -0.149. The molecule has 0 N–H and O–H groups in total. The Bertz CT molecular complexity index is 845. The van der Waals surface area contributed by atoms with E-state index in [9.17, 15) is 9.59 Å². The third kappa shape index (κ3) is 2.80. The van der Waals surface area contributed by atoms with Gasteiger partial charge in [-0.2, -0.15) is 0 Å². The molecule has 5 nitrogen and oxygen atoms in total. The molecule has 2 heterocycles. The zero-order chi connectivity index (χ0) is 19.5. The SMILES string of the molecule is COc1ccc(C2=C(OC(=O)C(C)(C)C)[C@@H]3C4CCC(O4)[C@@H]3C2=O)c(C)c1. The van der Waals surface area contributed by atoms with E-state index in [1.54, 1.807) is 7.11 Å². The van der Waals surface area contributed by atoms with Crippen molar-refractivity contribution in [1.82, 2.24) is 0 Å². The van der Waals surface area contributed by atoms with Gasteiger partial charge in [0.05, 0.1) is 42.1 Å². The van der Waals surface area contributed by atoms with E-state index in [0.29, 0.717) is 11.3 Å². The van der Waals surface area contributed by atoms with Crippen LogP contribution in [0.4, 0.5) is 0 Å². The first kappa shape index (κ1) is 18.2. The normalized spacial score (nSPS) is 29.3. The number of hydrogen-bond acceptors (Lipinski definition) is 5. The van der Waals surface area contributed by atoms with Gasteiger partial charge in [-0.15, -0.1) is 0 Å². The van der Waals surface area contributed by atoms with Crippen molar-refractivity contribution in [2.24, 2.45) is 17.3 Å². The number of allylic oxidation sites excluding steroid dienone is 1. The Morgan fingerprint density at radius 3 is 2.41 bits per heavy atom. The van der Waals surface area contributed by atoms with Gasteiger partial charge in [-0.1, -0.05) is 6.07 Å². The van der Waals surface area contributed by atoms with Crippen molar-refractivity contribution in [2.75, 3.05) is 7.11 Å². The predicted molar refractivity (Wildman–Crippen MR) is 100 cm³/mol. The quantitative estimate of drug-likeness (QED) is 0.760. The molecule has 1 aliphatic carbocycles. The zero-order valence-corrected chi connectivity index (χ0v) is 16.5. The molecule has 1 aromatic carbocycles. The van der Waals surface area contributed by atoms with Crippen molar-refractivity contribution >= 4 is 17.3 Å². The Hall–Kier alpha value is -2.14. The largest absolute Gasteiger partial charge is 0.497 e. The molecule has 2 saturated heterocycles. The van der Waals surface area contributed by atoms with E-state index in [4.69, 9.17) is 14.2 Å². The minimum atomic E-state index is -0.646. The maximum Gasteiger partial charge on any atom is 0.316 e. The fraction of sp³-hybridized carbons (Fsp3) is 0.545. The zero-order valence-electron chi connectivity index (χ0n) is 16.5. The van der Waals surface area contributed by atoms with Crippen molar-refractivity contribution in [3.8, 4) is 5.75 Å². The van der Waals surface area contributed by atoms with Crippen molar-refractivity contribution in [2.45, 2.75) is 52.7 Å². The first-order chi connectivity index (χ1) is 12.7. The Labute approximate surface area is 159 Å². The predicted octanol–water partition coefficient (Wildman–Crippen LogP) is 3.68. The van der Waals surface area contributed by atoms with Gasteiger partial charge in [0, 0.05) is 0 Å². The highest BCUT2D eigenvalue weighted by atomic mass is 16.5. The molecule has 2 aliphatic heterocycles. The van der Waals surface area contributed by atoms with Crippen LogP contribution < -0.4 is 4.74 Å². The van der Waals surface area contributed by atoms with E-state index in [2.05, 4.69) is 0 Å². The minimum absolute atomic E-state index is 0.0391. The Kier molecular flexibility index (Phi) is 4.18. The van der Waals surface area contributed by atoms with Crippen LogP contribution in [-0.2, 0) is 19.1 Å². The summed E-state index contributed by atoms with van der Waals surface area (Å²) >= 11 is 0. The van der Waals surface area contributed by atoms with Crippen molar-refractivity contribution in [3.05, 3.63) is 35.1 Å². The molecule has 0 amide bonds. The summed E-state index contributed by atoms with van der Waals surface area (Å²) in [5.74, 6) is 0.571. The molecular formula is C22H26O5. The average molecular weight is 370 g/mol. The second kappa shape index (κ2) is 6.20. The lowest BCUT2D eigenvalue weighted by Gasteiger charge is -2.24. The van der Waals surface area contributed by atoms with Crippen molar-refractivity contribution in [3.63, 3.8) is 0 Å². The van der Waals surface area contributed by atoms with Gasteiger partial charge in [0.2, 0.25) is 0 Å². The van der Waals surface area contributed by atoms with Crippen molar-refractivity contribution < 1.29 is 23.8 Å². The Morgan fingerprint density at radius 1 is 1.15 bits per heavy atom. The number of Topliss-reactive ketones (excluding diaryl/α,β-unsaturated/α-hetero) is 1. The van der Waals surface area contributed by atoms with E-state index in [-0.39, 0.29) is 35.8 Å². The first-order valence-corrected chi connectivity index (χ1v) is 9.53. The monoisotopic (exact) mass is 370 g/mol. The molecule has 0 aromatic heterocycles. The third-order valence-corrected chi connectivity index (χ3v) is 5.89. The molecule has 2 fully saturated rings. The van der Waals surface area contributed by atoms with Crippen molar-refractivity contribution in [1.29, 1.82) is 0 Å². The summed E-state index contributed by atoms with van der Waals surface area (Å²) in [6.45, 7) is 7.40. The number of rotatable bonds is 3. The molecule has 27 heavy (non-hydrogen) atoms. The van der Waals surface area contributed by atoms with Crippen LogP contribution in [-0.4, -0.2) is 31.1 Å². The number of fused-ring (bicyclic) bond motifs is 5. The van der Waals surface area contributed by atoms with E-state index >= 15 is 0 Å². The van der Waals surface area contributed by atoms with E-state index in [0.717, 1.165) is 29.7 Å². The van der Waals surface area contributed by atoms with E-state index in [1.807, 2.05) is 45.9 Å². The third-order valence-electron chi connectivity index (χ3n) is 5.89. The van der Waals surface area contributed by atoms with Gasteiger partial charge in [-0.3, -0.25) is 9.59 Å². The average Bonchev–Trinajstić information content (AvgIpc) is 3.28. The van der Waals surface area contributed by atoms with Crippen LogP contribution in [0, 0.1) is 24.2 Å². The molecule has 0 radical (unpaired) electrons. The fourth-order valence-corrected chi connectivity index (χ4v) is 4.48. The molecule has 144 valence electrons. The van der Waals surface area contributed by atoms with Crippen LogP contribution in [0.2, 0.25) is 0 Å². The number of methoxy groups -OCH3 is 1. The van der Waals surface area contributed by atoms with Gasteiger partial charge in [-0.25, -0.2) is 0 Å². The van der Waals surface area contributed by atoms with Crippen LogP contribution in [0.1, 0.15) is 44.7 Å². The summed E-state index contributed by atoms with van der Waals surface area (Å²) in [5.41, 5.74) is 1.64. The smallest absolute Gasteiger partial charge is 0.316 e. The molecule has 2 bridgehead atoms. The number of hydrogen-bond donors (Lipinski definition) is 0. The first-order valence-electron chi connectivity index (χ1n) is 9.53. The number of aryl methyl sites for hydroxylation is 1. The summed E-state index contributed by atoms with van der Waals surface area (Å²) in [5, 5.41) is 0. The molecule has 2 unspecified atom stereocenters. The maximum atomic E-state index is 13.4. The summed E-state index contributed by atoms with van der Waals surface area (Å²) in [6, 6.07) is 5.62. The second-order valence-electron chi connectivity index (χ2n) is 8.77. The highest BCUT2D eigenvalue weighted by Crippen LogP contribution is 2.55. The molecule has 3 aliphatic rings. The van der Waals surface area contributed by atoms with Gasteiger partial charge in [0.1, 0.15) is 11.5 Å². The van der Waals surface area contributed by atoms with Crippen LogP contribution in [0.25, 0.3) is 5.57 Å². The number of esters is 1. The van der Waals surface area contributed by atoms with E-state index in [1.165, 1.54) is 0 Å². The number of benzene rings is 1. The van der Waals surface area contributed by atoms with Crippen LogP contribution in [0.3, 0.4) is 0 Å². The minimum Gasteiger partial charge on any atom is -0.497 e. The Morgan fingerprint density at radius 2 is 1.81 bits per heavy atom. The highest BCUT2D eigenvalue weighted by Gasteiger charge is 2.60. The molecule has 1 aromatic rings. The van der Waals surface area contributed by atoms with Gasteiger partial charge in [0.15, 0.2) is 5.78 Å². The molecule has 5 heteroatoms. The maximum absolute atomic E-state index is 13.4. The standard InChI is InChI=1S/C22H26O5/c1-11-10-12(25-5)6-7-13(11)16-19(23)17-14-8-9-15(26-14)18(17)20(16)27-21(24)22(2,3)4/h6-7,10,14-15,17-18H,8-9H2,1-5H3/t14?,15?,17-,18+/m0/s1. The van der Waals surface area contributed by atoms with Gasteiger partial charge < -0.3 is 14.2 Å². The molecule has 4 atom stereocenters. The second-order valence-corrected chi connectivity index (χ2v) is 8.77. The number of ether oxygens (including phenoxy) is 3. The van der Waals surface area contributed by atoms with Crippen LogP contribution >= 0.6 is 0 Å².